The highest BCUT2D eigenvalue weighted by Crippen LogP contribution is 2.16. The molecule has 2 aromatic carbocycles. The Labute approximate surface area is 123 Å². The predicted octanol–water partition coefficient (Wildman–Crippen LogP) is 3.71. The van der Waals surface area contributed by atoms with E-state index in [2.05, 4.69) is 5.32 Å². The Morgan fingerprint density at radius 3 is 2.76 bits per heavy atom. The number of amides is 1. The molecule has 2 rings (SSSR count). The van der Waals surface area contributed by atoms with E-state index in [0.717, 1.165) is 11.3 Å². The molecule has 1 N–H and O–H groups in total. The van der Waals surface area contributed by atoms with Crippen molar-refractivity contribution in [3.05, 3.63) is 59.4 Å². The van der Waals surface area contributed by atoms with Crippen molar-refractivity contribution >= 4 is 11.6 Å². The molecule has 0 heterocycles. The summed E-state index contributed by atoms with van der Waals surface area (Å²) in [5.41, 5.74) is 2.07. The lowest BCUT2D eigenvalue weighted by Crippen LogP contribution is -2.12. The van der Waals surface area contributed by atoms with Gasteiger partial charge >= 0.3 is 0 Å². The molecule has 0 radical (unpaired) electrons. The van der Waals surface area contributed by atoms with Crippen LogP contribution < -0.4 is 10.1 Å². The van der Waals surface area contributed by atoms with Gasteiger partial charge in [0.15, 0.2) is 0 Å². The molecule has 0 saturated carbocycles. The average Bonchev–Trinajstić information content (AvgIpc) is 2.49. The van der Waals surface area contributed by atoms with Gasteiger partial charge in [0.05, 0.1) is 7.11 Å². The van der Waals surface area contributed by atoms with Crippen LogP contribution in [0.25, 0.3) is 0 Å². The molecule has 0 bridgehead atoms. The van der Waals surface area contributed by atoms with E-state index in [-0.39, 0.29) is 11.7 Å². The first kappa shape index (κ1) is 15.0. The van der Waals surface area contributed by atoms with Gasteiger partial charge in [0, 0.05) is 12.1 Å². The van der Waals surface area contributed by atoms with Gasteiger partial charge in [-0.1, -0.05) is 18.2 Å². The van der Waals surface area contributed by atoms with Crippen LogP contribution in [0.15, 0.2) is 42.5 Å². The Morgan fingerprint density at radius 1 is 1.24 bits per heavy atom. The largest absolute Gasteiger partial charge is 0.497 e. The van der Waals surface area contributed by atoms with Crippen molar-refractivity contribution in [3.8, 4) is 5.75 Å². The number of halogens is 1. The molecule has 4 heteroatoms. The molecule has 0 spiro atoms. The molecule has 0 saturated heterocycles. The monoisotopic (exact) mass is 287 g/mol. The second-order valence-corrected chi connectivity index (χ2v) is 4.86. The number of ether oxygens (including phenoxy) is 1. The molecule has 0 unspecified atom stereocenters. The molecular weight excluding hydrogens is 269 g/mol. The maximum atomic E-state index is 13.4. The number of rotatable bonds is 5. The van der Waals surface area contributed by atoms with Gasteiger partial charge in [-0.3, -0.25) is 4.79 Å². The molecular formula is C17H18FNO2. The minimum atomic E-state index is -0.319. The van der Waals surface area contributed by atoms with Gasteiger partial charge < -0.3 is 10.1 Å². The minimum Gasteiger partial charge on any atom is -0.497 e. The van der Waals surface area contributed by atoms with E-state index >= 15 is 0 Å². The van der Waals surface area contributed by atoms with Crippen molar-refractivity contribution in [3.63, 3.8) is 0 Å². The first-order valence-electron chi connectivity index (χ1n) is 6.77. The van der Waals surface area contributed by atoms with Crippen molar-refractivity contribution in [2.75, 3.05) is 12.4 Å². The molecule has 3 nitrogen and oxygen atoms in total. The summed E-state index contributed by atoms with van der Waals surface area (Å²) in [5, 5.41) is 2.70. The first-order chi connectivity index (χ1) is 10.1. The zero-order chi connectivity index (χ0) is 15.2. The number of carbonyl (C=O) groups excluding carboxylic acids is 1. The Bertz CT molecular complexity index is 640. The number of hydrogen-bond donors (Lipinski definition) is 1. The Kier molecular flexibility index (Phi) is 4.93. The number of benzene rings is 2. The number of carbonyl (C=O) groups is 1. The SMILES string of the molecule is COc1cccc(CCC(=O)Nc2ccc(C)c(F)c2)c1. The molecule has 2 aromatic rings. The van der Waals surface area contributed by atoms with Gasteiger partial charge in [-0.15, -0.1) is 0 Å². The number of hydrogen-bond acceptors (Lipinski definition) is 2. The van der Waals surface area contributed by atoms with E-state index in [9.17, 15) is 9.18 Å². The highest BCUT2D eigenvalue weighted by atomic mass is 19.1. The minimum absolute atomic E-state index is 0.138. The quantitative estimate of drug-likeness (QED) is 0.910. The molecule has 21 heavy (non-hydrogen) atoms. The molecule has 1 amide bonds. The van der Waals surface area contributed by atoms with Crippen LogP contribution in [0, 0.1) is 12.7 Å². The fraction of sp³-hybridized carbons (Fsp3) is 0.235. The summed E-state index contributed by atoms with van der Waals surface area (Å²) >= 11 is 0. The van der Waals surface area contributed by atoms with Crippen LogP contribution in [-0.2, 0) is 11.2 Å². The third-order valence-corrected chi connectivity index (χ3v) is 3.23. The highest BCUT2D eigenvalue weighted by Gasteiger charge is 2.05. The van der Waals surface area contributed by atoms with E-state index in [1.165, 1.54) is 6.07 Å². The lowest BCUT2D eigenvalue weighted by Gasteiger charge is -2.07. The summed E-state index contributed by atoms with van der Waals surface area (Å²) in [6.45, 7) is 1.68. The van der Waals surface area contributed by atoms with E-state index in [4.69, 9.17) is 4.74 Å². The van der Waals surface area contributed by atoms with Gasteiger partial charge in [-0.25, -0.2) is 4.39 Å². The van der Waals surface area contributed by atoms with Crippen molar-refractivity contribution < 1.29 is 13.9 Å². The normalized spacial score (nSPS) is 10.2. The zero-order valence-corrected chi connectivity index (χ0v) is 12.2. The summed E-state index contributed by atoms with van der Waals surface area (Å²) < 4.78 is 18.5. The second kappa shape index (κ2) is 6.88. The third-order valence-electron chi connectivity index (χ3n) is 3.23. The Balaban J connectivity index is 1.91. The number of methoxy groups -OCH3 is 1. The highest BCUT2D eigenvalue weighted by molar-refractivity contribution is 5.90. The molecule has 110 valence electrons. The maximum Gasteiger partial charge on any atom is 0.224 e. The van der Waals surface area contributed by atoms with Crippen molar-refractivity contribution in [1.82, 2.24) is 0 Å². The molecule has 0 aromatic heterocycles. The van der Waals surface area contributed by atoms with Crippen LogP contribution in [0.4, 0.5) is 10.1 Å². The third kappa shape index (κ3) is 4.31. The van der Waals surface area contributed by atoms with Crippen LogP contribution in [0.5, 0.6) is 5.75 Å². The maximum absolute atomic E-state index is 13.4. The summed E-state index contributed by atoms with van der Waals surface area (Å²) in [7, 11) is 1.61. The van der Waals surface area contributed by atoms with E-state index < -0.39 is 0 Å². The lowest BCUT2D eigenvalue weighted by molar-refractivity contribution is -0.116. The lowest BCUT2D eigenvalue weighted by atomic mass is 10.1. The van der Waals surface area contributed by atoms with E-state index in [0.29, 0.717) is 24.1 Å². The van der Waals surface area contributed by atoms with E-state index in [1.807, 2.05) is 24.3 Å². The van der Waals surface area contributed by atoms with Crippen molar-refractivity contribution in [2.24, 2.45) is 0 Å². The number of nitrogens with one attached hydrogen (secondary N) is 1. The zero-order valence-electron chi connectivity index (χ0n) is 12.2. The first-order valence-corrected chi connectivity index (χ1v) is 6.77. The van der Waals surface area contributed by atoms with Crippen LogP contribution in [0.2, 0.25) is 0 Å². The van der Waals surface area contributed by atoms with E-state index in [1.54, 1.807) is 26.2 Å². The Hall–Kier alpha value is -2.36. The number of anilines is 1. The average molecular weight is 287 g/mol. The molecule has 0 fully saturated rings. The van der Waals surface area contributed by atoms with Crippen LogP contribution >= 0.6 is 0 Å². The summed E-state index contributed by atoms with van der Waals surface area (Å²) in [4.78, 5) is 11.9. The molecule has 0 aliphatic carbocycles. The molecule has 0 aliphatic rings. The van der Waals surface area contributed by atoms with Gasteiger partial charge in [-0.05, 0) is 48.7 Å². The van der Waals surface area contributed by atoms with Crippen LogP contribution in [-0.4, -0.2) is 13.0 Å². The van der Waals surface area contributed by atoms with Gasteiger partial charge in [0.25, 0.3) is 0 Å². The van der Waals surface area contributed by atoms with Crippen LogP contribution in [0.1, 0.15) is 17.5 Å². The summed E-state index contributed by atoms with van der Waals surface area (Å²) in [6, 6.07) is 12.3. The Morgan fingerprint density at radius 2 is 2.05 bits per heavy atom. The molecule has 0 aliphatic heterocycles. The van der Waals surface area contributed by atoms with Crippen LogP contribution in [0.3, 0.4) is 0 Å². The fourth-order valence-electron chi connectivity index (χ4n) is 1.98. The second-order valence-electron chi connectivity index (χ2n) is 4.86. The van der Waals surface area contributed by atoms with Crippen molar-refractivity contribution in [1.29, 1.82) is 0 Å². The van der Waals surface area contributed by atoms with Gasteiger partial charge in [0.2, 0.25) is 5.91 Å². The van der Waals surface area contributed by atoms with Gasteiger partial charge in [0.1, 0.15) is 11.6 Å². The smallest absolute Gasteiger partial charge is 0.224 e. The molecule has 0 atom stereocenters. The summed E-state index contributed by atoms with van der Waals surface area (Å²) in [6.07, 6.45) is 0.944. The van der Waals surface area contributed by atoms with Gasteiger partial charge in [-0.2, -0.15) is 0 Å². The van der Waals surface area contributed by atoms with Crippen molar-refractivity contribution in [2.45, 2.75) is 19.8 Å². The predicted molar refractivity (Wildman–Crippen MR) is 81.1 cm³/mol. The standard InChI is InChI=1S/C17H18FNO2/c1-12-6-8-14(11-16(12)18)19-17(20)9-7-13-4-3-5-15(10-13)21-2/h3-6,8,10-11H,7,9H2,1-2H3,(H,19,20). The number of aryl methyl sites for hydroxylation is 2. The fourth-order valence-corrected chi connectivity index (χ4v) is 1.98. The summed E-state index contributed by atoms with van der Waals surface area (Å²) in [5.74, 6) is 0.315. The topological polar surface area (TPSA) is 38.3 Å².